The molecule has 0 amide bonds. The molecule has 0 bridgehead atoms. The smallest absolute Gasteiger partial charge is 0.456 e. The van der Waals surface area contributed by atoms with Gasteiger partial charge in [0.2, 0.25) is 0 Å². The highest BCUT2D eigenvalue weighted by atomic mass is 79.9. The van der Waals surface area contributed by atoms with Crippen LogP contribution in [0.1, 0.15) is 27.7 Å². The van der Waals surface area contributed by atoms with Crippen LogP contribution in [-0.4, -0.2) is 18.3 Å². The molecule has 0 N–H and O–H groups in total. The van der Waals surface area contributed by atoms with Crippen LogP contribution in [0.4, 0.5) is 34.1 Å². The summed E-state index contributed by atoms with van der Waals surface area (Å²) in [4.78, 5) is 4.52. The summed E-state index contributed by atoms with van der Waals surface area (Å²) in [5.41, 5.74) is 10.4. The zero-order valence-electron chi connectivity index (χ0n) is 35.0. The van der Waals surface area contributed by atoms with Crippen molar-refractivity contribution in [2.75, 3.05) is 9.80 Å². The largest absolute Gasteiger partial charge is 0.494 e. The van der Waals surface area contributed by atoms with E-state index in [9.17, 15) is 0 Å². The molecule has 10 aromatic rings. The van der Waals surface area contributed by atoms with Gasteiger partial charge in [-0.2, -0.15) is 0 Å². The van der Waals surface area contributed by atoms with Crippen LogP contribution in [0.25, 0.3) is 43.9 Å². The monoisotopic (exact) mass is 874 g/mol. The Labute approximate surface area is 370 Å². The number of rotatable bonds is 7. The number of hydrogen-bond acceptors (Lipinski definition) is 6. The molecule has 8 heteroatoms. The van der Waals surface area contributed by atoms with Crippen LogP contribution < -0.4 is 15.3 Å². The van der Waals surface area contributed by atoms with Gasteiger partial charge in [-0.3, -0.25) is 0 Å². The Balaban J connectivity index is 0.000000153. The molecule has 8 aromatic carbocycles. The zero-order valence-corrected chi connectivity index (χ0v) is 36.5. The van der Waals surface area contributed by atoms with Gasteiger partial charge >= 0.3 is 7.12 Å². The van der Waals surface area contributed by atoms with Crippen molar-refractivity contribution in [1.29, 1.82) is 0 Å². The molecule has 6 nitrogen and oxygen atoms in total. The molecule has 304 valence electrons. The molecule has 2 aromatic heterocycles. The van der Waals surface area contributed by atoms with Gasteiger partial charge in [-0.05, 0) is 142 Å². The van der Waals surface area contributed by atoms with Crippen molar-refractivity contribution in [3.63, 3.8) is 0 Å². The van der Waals surface area contributed by atoms with Gasteiger partial charge in [0.1, 0.15) is 22.3 Å². The third kappa shape index (κ3) is 7.45. The second-order valence-electron chi connectivity index (χ2n) is 16.6. The normalized spacial score (nSPS) is 14.3. The first-order valence-corrected chi connectivity index (χ1v) is 21.7. The van der Waals surface area contributed by atoms with E-state index in [0.29, 0.717) is 0 Å². The lowest BCUT2D eigenvalue weighted by Crippen LogP contribution is -2.41. The predicted molar refractivity (Wildman–Crippen MR) is 260 cm³/mol. The highest BCUT2D eigenvalue weighted by Crippen LogP contribution is 2.41. The molecule has 0 radical (unpaired) electrons. The number of nitrogens with zero attached hydrogens (tertiary/aromatic N) is 2. The quantitative estimate of drug-likeness (QED) is 0.149. The number of benzene rings is 8. The molecule has 1 saturated heterocycles. The van der Waals surface area contributed by atoms with Crippen molar-refractivity contribution in [3.05, 3.63) is 199 Å². The minimum atomic E-state index is -0.382. The standard InChI is InChI=1S/C30H28BNO3.C24H16BrNO/c1-29(2)30(3,4)35-31(34-29)21-14-16-23(17-15-21)32(22-10-6-5-7-11-22)24-18-19-28-26(20-24)25-12-8-9-13-27(25)33-28;25-17-10-12-19(13-11-17)26(18-6-2-1-3-7-18)20-14-15-24-22(16-20)21-8-4-5-9-23(21)27-24/h5-20H,1-4H3;1-16H. The lowest BCUT2D eigenvalue weighted by Gasteiger charge is -2.32. The lowest BCUT2D eigenvalue weighted by molar-refractivity contribution is 0.00578. The van der Waals surface area contributed by atoms with E-state index in [-0.39, 0.29) is 18.3 Å². The SMILES string of the molecule is Brc1ccc(N(c2ccccc2)c2ccc3oc4ccccc4c3c2)cc1.CC1(C)OB(c2ccc(N(c3ccccc3)c3ccc4oc5ccccc5c4c3)cc2)OC1(C)C. The van der Waals surface area contributed by atoms with Gasteiger partial charge in [0.25, 0.3) is 0 Å². The summed E-state index contributed by atoms with van der Waals surface area (Å²) in [5.74, 6) is 0. The molecule has 3 heterocycles. The van der Waals surface area contributed by atoms with Gasteiger partial charge < -0.3 is 27.9 Å². The van der Waals surface area contributed by atoms with Crippen molar-refractivity contribution in [3.8, 4) is 0 Å². The molecule has 0 spiro atoms. The van der Waals surface area contributed by atoms with Gasteiger partial charge in [-0.25, -0.2) is 0 Å². The van der Waals surface area contributed by atoms with Crippen molar-refractivity contribution < 1.29 is 18.1 Å². The van der Waals surface area contributed by atoms with Crippen LogP contribution >= 0.6 is 15.9 Å². The highest BCUT2D eigenvalue weighted by molar-refractivity contribution is 9.10. The van der Waals surface area contributed by atoms with Crippen LogP contribution in [0.5, 0.6) is 0 Å². The third-order valence-corrected chi connectivity index (χ3v) is 12.6. The molecule has 62 heavy (non-hydrogen) atoms. The number of furan rings is 2. The highest BCUT2D eigenvalue weighted by Gasteiger charge is 2.51. The maximum atomic E-state index is 6.25. The Morgan fingerprint density at radius 3 is 1.18 bits per heavy atom. The summed E-state index contributed by atoms with van der Waals surface area (Å²) in [7, 11) is -0.382. The fraction of sp³-hybridized carbons (Fsp3) is 0.111. The van der Waals surface area contributed by atoms with E-state index in [1.807, 2.05) is 48.5 Å². The van der Waals surface area contributed by atoms with Gasteiger partial charge in [0, 0.05) is 60.1 Å². The average molecular weight is 876 g/mol. The number of halogens is 1. The number of fused-ring (bicyclic) bond motifs is 6. The minimum absolute atomic E-state index is 0.366. The maximum Gasteiger partial charge on any atom is 0.494 e. The fourth-order valence-corrected chi connectivity index (χ4v) is 8.37. The second kappa shape index (κ2) is 16.0. The number of para-hydroxylation sites is 4. The van der Waals surface area contributed by atoms with E-state index in [1.165, 1.54) is 0 Å². The summed E-state index contributed by atoms with van der Waals surface area (Å²) in [6.45, 7) is 8.31. The zero-order chi connectivity index (χ0) is 42.4. The minimum Gasteiger partial charge on any atom is -0.456 e. The lowest BCUT2D eigenvalue weighted by atomic mass is 9.79. The summed E-state index contributed by atoms with van der Waals surface area (Å²) >= 11 is 3.53. The van der Waals surface area contributed by atoms with Crippen LogP contribution in [0.3, 0.4) is 0 Å². The van der Waals surface area contributed by atoms with E-state index >= 15 is 0 Å². The summed E-state index contributed by atoms with van der Waals surface area (Å²) in [5, 5.41) is 4.49. The Hall–Kier alpha value is -6.58. The van der Waals surface area contributed by atoms with Crippen molar-refractivity contribution in [2.24, 2.45) is 0 Å². The first-order valence-electron chi connectivity index (χ1n) is 20.9. The van der Waals surface area contributed by atoms with Crippen LogP contribution in [0, 0.1) is 0 Å². The van der Waals surface area contributed by atoms with Gasteiger partial charge in [-0.15, -0.1) is 0 Å². The van der Waals surface area contributed by atoms with E-state index in [2.05, 4.69) is 199 Å². The van der Waals surface area contributed by atoms with E-state index in [1.54, 1.807) is 0 Å². The fourth-order valence-electron chi connectivity index (χ4n) is 8.10. The van der Waals surface area contributed by atoms with Gasteiger partial charge in [0.05, 0.1) is 11.2 Å². The molecular weight excluding hydrogens is 831 g/mol. The Kier molecular flexibility index (Phi) is 10.2. The number of hydrogen-bond donors (Lipinski definition) is 0. The summed E-state index contributed by atoms with van der Waals surface area (Å²) in [6, 6.07) is 66.7. The van der Waals surface area contributed by atoms with Crippen molar-refractivity contribution >= 4 is 107 Å². The summed E-state index contributed by atoms with van der Waals surface area (Å²) in [6.07, 6.45) is 0. The Bertz CT molecular complexity index is 3150. The molecule has 0 atom stereocenters. The maximum absolute atomic E-state index is 6.25. The second-order valence-corrected chi connectivity index (χ2v) is 17.5. The molecule has 0 aliphatic carbocycles. The van der Waals surface area contributed by atoms with E-state index in [4.69, 9.17) is 18.1 Å². The number of anilines is 6. The van der Waals surface area contributed by atoms with Crippen molar-refractivity contribution in [1.82, 2.24) is 0 Å². The third-order valence-electron chi connectivity index (χ3n) is 12.0. The Morgan fingerprint density at radius 1 is 0.371 bits per heavy atom. The average Bonchev–Trinajstić information content (AvgIpc) is 3.93. The van der Waals surface area contributed by atoms with Gasteiger partial charge in [-0.1, -0.05) is 101 Å². The Morgan fingerprint density at radius 2 is 0.726 bits per heavy atom. The molecule has 0 saturated carbocycles. The molecule has 1 aliphatic heterocycles. The first kappa shape index (κ1) is 39.6. The van der Waals surface area contributed by atoms with Gasteiger partial charge in [0.15, 0.2) is 0 Å². The predicted octanol–water partition coefficient (Wildman–Crippen LogP) is 15.2. The first-order chi connectivity index (χ1) is 30.1. The summed E-state index contributed by atoms with van der Waals surface area (Å²) < 4.78 is 25.6. The van der Waals surface area contributed by atoms with Crippen LogP contribution in [0.2, 0.25) is 0 Å². The van der Waals surface area contributed by atoms with Crippen molar-refractivity contribution in [2.45, 2.75) is 38.9 Å². The molecular formula is C54H44BBrN2O4. The van der Waals surface area contributed by atoms with E-state index in [0.717, 1.165) is 87.9 Å². The van der Waals surface area contributed by atoms with Crippen LogP contribution in [0.15, 0.2) is 207 Å². The molecule has 0 unspecified atom stereocenters. The van der Waals surface area contributed by atoms with E-state index < -0.39 is 0 Å². The van der Waals surface area contributed by atoms with Crippen LogP contribution in [-0.2, 0) is 9.31 Å². The molecule has 1 fully saturated rings. The molecule has 11 rings (SSSR count). The topological polar surface area (TPSA) is 51.2 Å². The molecule has 1 aliphatic rings.